The van der Waals surface area contributed by atoms with Crippen LogP contribution < -0.4 is 5.43 Å². The quantitative estimate of drug-likeness (QED) is 0.410. The molecule has 0 unspecified atom stereocenters. The van der Waals surface area contributed by atoms with E-state index in [0.717, 1.165) is 16.8 Å². The Morgan fingerprint density at radius 1 is 1.07 bits per heavy atom. The summed E-state index contributed by atoms with van der Waals surface area (Å²) in [6.07, 6.45) is 5.00. The molecule has 1 N–H and O–H groups in total. The highest BCUT2D eigenvalue weighted by atomic mass is 16.2. The molecule has 4 aromatic rings. The minimum Gasteiger partial charge on any atom is -0.271 e. The molecule has 4 rings (SSSR count). The lowest BCUT2D eigenvalue weighted by molar-refractivity contribution is -0.122. The second kappa shape index (κ2) is 8.04. The van der Waals surface area contributed by atoms with Crippen LogP contribution in [0.1, 0.15) is 5.56 Å². The molecular weight excluding hydrogens is 356 g/mol. The summed E-state index contributed by atoms with van der Waals surface area (Å²) in [4.78, 5) is 13.2. The smallest absolute Gasteiger partial charge is 0.263 e. The third-order valence-electron chi connectivity index (χ3n) is 3.80. The van der Waals surface area contributed by atoms with Gasteiger partial charge in [0.2, 0.25) is 5.82 Å². The molecule has 0 bridgehead atoms. The van der Waals surface area contributed by atoms with E-state index in [1.54, 1.807) is 10.9 Å². The molecule has 0 saturated heterocycles. The van der Waals surface area contributed by atoms with Gasteiger partial charge >= 0.3 is 0 Å². The number of rotatable bonds is 6. The molecule has 9 heteroatoms. The number of hydrogen-bond donors (Lipinski definition) is 1. The molecule has 28 heavy (non-hydrogen) atoms. The first-order valence-corrected chi connectivity index (χ1v) is 8.53. The van der Waals surface area contributed by atoms with Crippen molar-refractivity contribution >= 4 is 12.1 Å². The Morgan fingerprint density at radius 3 is 2.61 bits per heavy atom. The molecule has 0 aliphatic rings. The highest BCUT2D eigenvalue weighted by Gasteiger charge is 2.08. The number of benzene rings is 2. The van der Waals surface area contributed by atoms with Gasteiger partial charge in [0.25, 0.3) is 5.91 Å². The summed E-state index contributed by atoms with van der Waals surface area (Å²) in [5.41, 5.74) is 4.98. The van der Waals surface area contributed by atoms with Gasteiger partial charge in [0.1, 0.15) is 6.54 Å². The van der Waals surface area contributed by atoms with Crippen LogP contribution in [-0.4, -0.2) is 42.1 Å². The summed E-state index contributed by atoms with van der Waals surface area (Å²) >= 11 is 0. The minimum atomic E-state index is -0.358. The average molecular weight is 372 g/mol. The van der Waals surface area contributed by atoms with Crippen molar-refractivity contribution in [3.63, 3.8) is 0 Å². The van der Waals surface area contributed by atoms with Crippen LogP contribution >= 0.6 is 0 Å². The van der Waals surface area contributed by atoms with Gasteiger partial charge in [0.15, 0.2) is 0 Å². The van der Waals surface area contributed by atoms with Crippen molar-refractivity contribution in [2.24, 2.45) is 5.10 Å². The number of amides is 1. The zero-order valence-electron chi connectivity index (χ0n) is 14.8. The van der Waals surface area contributed by atoms with Crippen molar-refractivity contribution in [3.8, 4) is 17.1 Å². The van der Waals surface area contributed by atoms with Crippen molar-refractivity contribution in [1.29, 1.82) is 0 Å². The van der Waals surface area contributed by atoms with Crippen molar-refractivity contribution in [2.75, 3.05) is 0 Å². The van der Waals surface area contributed by atoms with Crippen molar-refractivity contribution < 1.29 is 4.79 Å². The third-order valence-corrected chi connectivity index (χ3v) is 3.80. The molecule has 0 fully saturated rings. The summed E-state index contributed by atoms with van der Waals surface area (Å²) in [5.74, 6) is 0.106. The highest BCUT2D eigenvalue weighted by Crippen LogP contribution is 2.11. The lowest BCUT2D eigenvalue weighted by atomic mass is 10.2. The number of tetrazole rings is 1. The predicted octanol–water partition coefficient (Wildman–Crippen LogP) is 1.68. The maximum Gasteiger partial charge on any atom is 0.263 e. The first kappa shape index (κ1) is 17.3. The van der Waals surface area contributed by atoms with Crippen LogP contribution in [0.4, 0.5) is 0 Å². The predicted molar refractivity (Wildman–Crippen MR) is 103 cm³/mol. The zero-order chi connectivity index (χ0) is 19.2. The number of para-hydroxylation sites is 1. The molecule has 2 heterocycles. The minimum absolute atomic E-state index is 0.0829. The zero-order valence-corrected chi connectivity index (χ0v) is 14.8. The Kier molecular flexibility index (Phi) is 4.96. The van der Waals surface area contributed by atoms with Crippen molar-refractivity contribution in [2.45, 2.75) is 6.54 Å². The Bertz CT molecular complexity index is 1090. The molecule has 0 aliphatic heterocycles. The SMILES string of the molecule is O=C(Cn1nnc(-c2ccccc2)n1)N/N=C\c1cnn(-c2ccccc2)c1. The third kappa shape index (κ3) is 4.15. The van der Waals surface area contributed by atoms with Gasteiger partial charge < -0.3 is 0 Å². The lowest BCUT2D eigenvalue weighted by Crippen LogP contribution is -2.24. The molecule has 0 aliphatic carbocycles. The van der Waals surface area contributed by atoms with Crippen LogP contribution in [0.25, 0.3) is 17.1 Å². The van der Waals surface area contributed by atoms with E-state index in [-0.39, 0.29) is 12.5 Å². The first-order valence-electron chi connectivity index (χ1n) is 8.53. The van der Waals surface area contributed by atoms with Gasteiger partial charge in [0, 0.05) is 17.3 Å². The molecule has 0 saturated carbocycles. The van der Waals surface area contributed by atoms with E-state index in [9.17, 15) is 4.79 Å². The molecule has 1 amide bonds. The Morgan fingerprint density at radius 2 is 1.82 bits per heavy atom. The van der Waals surface area contributed by atoms with Crippen LogP contribution in [0.5, 0.6) is 0 Å². The van der Waals surface area contributed by atoms with Crippen LogP contribution in [-0.2, 0) is 11.3 Å². The standard InChI is InChI=1S/C19H16N8O/c28-18(14-27-24-19(23-25-27)16-7-3-1-4-8-16)22-20-11-15-12-21-26(13-15)17-9-5-2-6-10-17/h1-13H,14H2,(H,22,28)/b20-11-. The van der Waals surface area contributed by atoms with Crippen LogP contribution in [0.3, 0.4) is 0 Å². The monoisotopic (exact) mass is 372 g/mol. The highest BCUT2D eigenvalue weighted by molar-refractivity contribution is 5.81. The number of nitrogens with zero attached hydrogens (tertiary/aromatic N) is 7. The summed E-state index contributed by atoms with van der Waals surface area (Å²) in [5, 5.41) is 20.2. The molecular formula is C19H16N8O. The Balaban J connectivity index is 1.32. The Hall–Kier alpha value is -4.14. The van der Waals surface area contributed by atoms with Gasteiger partial charge in [0.05, 0.1) is 18.1 Å². The number of aromatic nitrogens is 6. The van der Waals surface area contributed by atoms with Crippen molar-refractivity contribution in [1.82, 2.24) is 35.4 Å². The molecule has 0 radical (unpaired) electrons. The first-order chi connectivity index (χ1) is 13.8. The molecule has 2 aromatic heterocycles. The number of nitrogens with one attached hydrogen (secondary N) is 1. The fourth-order valence-corrected chi connectivity index (χ4v) is 2.48. The average Bonchev–Trinajstić information content (AvgIpc) is 3.39. The second-order valence-corrected chi connectivity index (χ2v) is 5.86. The van der Waals surface area contributed by atoms with E-state index in [4.69, 9.17) is 0 Å². The van der Waals surface area contributed by atoms with Gasteiger partial charge in [-0.3, -0.25) is 4.79 Å². The maximum atomic E-state index is 12.0. The topological polar surface area (TPSA) is 103 Å². The summed E-state index contributed by atoms with van der Waals surface area (Å²) in [6.45, 7) is -0.0829. The fraction of sp³-hybridized carbons (Fsp3) is 0.0526. The van der Waals surface area contributed by atoms with E-state index < -0.39 is 0 Å². The molecule has 138 valence electrons. The van der Waals surface area contributed by atoms with Gasteiger partial charge in [-0.1, -0.05) is 48.5 Å². The van der Waals surface area contributed by atoms with Gasteiger partial charge in [-0.2, -0.15) is 15.0 Å². The number of carbonyl (C=O) groups excluding carboxylic acids is 1. The summed E-state index contributed by atoms with van der Waals surface area (Å²) < 4.78 is 1.73. The van der Waals surface area contributed by atoms with Gasteiger partial charge in [-0.25, -0.2) is 10.1 Å². The largest absolute Gasteiger partial charge is 0.271 e. The summed E-state index contributed by atoms with van der Waals surface area (Å²) in [7, 11) is 0. The Labute approximate surface area is 160 Å². The molecule has 2 aromatic carbocycles. The van der Waals surface area contributed by atoms with E-state index in [1.807, 2.05) is 66.9 Å². The summed E-state index contributed by atoms with van der Waals surface area (Å²) in [6, 6.07) is 19.1. The fourth-order valence-electron chi connectivity index (χ4n) is 2.48. The van der Waals surface area contributed by atoms with Crippen LogP contribution in [0, 0.1) is 0 Å². The van der Waals surface area contributed by atoms with Gasteiger partial charge in [-0.15, -0.1) is 10.2 Å². The molecule has 9 nitrogen and oxygen atoms in total. The lowest BCUT2D eigenvalue weighted by Gasteiger charge is -1.98. The van der Waals surface area contributed by atoms with Crippen LogP contribution in [0.15, 0.2) is 78.2 Å². The van der Waals surface area contributed by atoms with Gasteiger partial charge in [-0.05, 0) is 17.3 Å². The number of carbonyl (C=O) groups is 1. The van der Waals surface area contributed by atoms with E-state index >= 15 is 0 Å². The van der Waals surface area contributed by atoms with Crippen LogP contribution in [0.2, 0.25) is 0 Å². The molecule has 0 atom stereocenters. The van der Waals surface area contributed by atoms with E-state index in [1.165, 1.54) is 11.0 Å². The number of hydrazone groups is 1. The van der Waals surface area contributed by atoms with E-state index in [0.29, 0.717) is 5.82 Å². The van der Waals surface area contributed by atoms with Crippen molar-refractivity contribution in [3.05, 3.63) is 78.6 Å². The van der Waals surface area contributed by atoms with E-state index in [2.05, 4.69) is 31.0 Å². The maximum absolute atomic E-state index is 12.0. The molecule has 0 spiro atoms. The second-order valence-electron chi connectivity index (χ2n) is 5.86. The number of hydrogen-bond acceptors (Lipinski definition) is 6. The normalized spacial score (nSPS) is 11.0.